The van der Waals surface area contributed by atoms with Gasteiger partial charge in [-0.1, -0.05) is 55.0 Å². The van der Waals surface area contributed by atoms with Gasteiger partial charge in [-0.2, -0.15) is 0 Å². The number of aryl methyl sites for hydroxylation is 1. The minimum atomic E-state index is -0.637. The van der Waals surface area contributed by atoms with Crippen molar-refractivity contribution in [2.75, 3.05) is 19.6 Å². The van der Waals surface area contributed by atoms with Crippen LogP contribution in [0, 0.1) is 6.92 Å². The molecule has 2 heterocycles. The minimum absolute atomic E-state index is 0.0157. The van der Waals surface area contributed by atoms with Gasteiger partial charge >= 0.3 is 0 Å². The zero-order valence-electron chi connectivity index (χ0n) is 18.2. The van der Waals surface area contributed by atoms with E-state index in [1.807, 2.05) is 34.1 Å². The molecule has 4 nitrogen and oxygen atoms in total. The molecule has 0 radical (unpaired) electrons. The quantitative estimate of drug-likeness (QED) is 0.731. The average Bonchev–Trinajstić information content (AvgIpc) is 3.18. The first-order valence-corrected chi connectivity index (χ1v) is 11.3. The Balaban J connectivity index is 1.63. The van der Waals surface area contributed by atoms with E-state index in [4.69, 9.17) is 0 Å². The Labute approximate surface area is 179 Å². The maximum absolute atomic E-state index is 13.8. The van der Waals surface area contributed by atoms with Crippen LogP contribution in [-0.2, 0) is 11.2 Å². The molecule has 4 rings (SSSR count). The first-order valence-electron chi connectivity index (χ1n) is 11.3. The molecule has 1 atom stereocenters. The summed E-state index contributed by atoms with van der Waals surface area (Å²) in [5, 5.41) is 0. The first-order chi connectivity index (χ1) is 14.5. The molecule has 4 heteroatoms. The Morgan fingerprint density at radius 3 is 2.43 bits per heavy atom. The molecular weight excluding hydrogens is 372 g/mol. The Hall–Kier alpha value is -2.62. The van der Waals surface area contributed by atoms with Crippen LogP contribution in [0.4, 0.5) is 0 Å². The van der Waals surface area contributed by atoms with Crippen LogP contribution in [0.25, 0.3) is 0 Å². The molecule has 30 heavy (non-hydrogen) atoms. The number of piperidine rings is 1. The zero-order chi connectivity index (χ0) is 21.1. The molecular formula is C26H32N2O2. The Bertz CT molecular complexity index is 919. The van der Waals surface area contributed by atoms with Gasteiger partial charge in [-0.3, -0.25) is 9.59 Å². The van der Waals surface area contributed by atoms with Crippen LogP contribution < -0.4 is 0 Å². The van der Waals surface area contributed by atoms with Crippen LogP contribution in [0.2, 0.25) is 0 Å². The smallest absolute Gasteiger partial charge is 0.255 e. The molecule has 2 aromatic rings. The van der Waals surface area contributed by atoms with E-state index in [1.54, 1.807) is 0 Å². The van der Waals surface area contributed by atoms with Gasteiger partial charge in [0.2, 0.25) is 5.91 Å². The monoisotopic (exact) mass is 404 g/mol. The summed E-state index contributed by atoms with van der Waals surface area (Å²) in [6, 6.07) is 16.4. The molecule has 2 fully saturated rings. The van der Waals surface area contributed by atoms with Crippen molar-refractivity contribution in [3.05, 3.63) is 70.8 Å². The molecule has 1 unspecified atom stereocenters. The maximum atomic E-state index is 13.8. The third-order valence-corrected chi connectivity index (χ3v) is 6.69. The van der Waals surface area contributed by atoms with E-state index in [-0.39, 0.29) is 11.8 Å². The summed E-state index contributed by atoms with van der Waals surface area (Å²) in [6.45, 7) is 6.46. The predicted molar refractivity (Wildman–Crippen MR) is 120 cm³/mol. The van der Waals surface area contributed by atoms with Crippen molar-refractivity contribution < 1.29 is 9.59 Å². The normalized spacial score (nSPS) is 21.5. The summed E-state index contributed by atoms with van der Waals surface area (Å²) in [5.74, 6) is 0.180. The van der Waals surface area contributed by atoms with Gasteiger partial charge in [0, 0.05) is 25.2 Å². The third-order valence-electron chi connectivity index (χ3n) is 6.69. The predicted octanol–water partition coefficient (Wildman–Crippen LogP) is 4.59. The van der Waals surface area contributed by atoms with Crippen molar-refractivity contribution in [3.63, 3.8) is 0 Å². The van der Waals surface area contributed by atoms with E-state index in [2.05, 4.69) is 38.1 Å². The number of nitrogens with zero attached hydrogens (tertiary/aromatic N) is 2. The molecule has 2 aliphatic heterocycles. The molecule has 2 saturated heterocycles. The second kappa shape index (κ2) is 8.63. The SMILES string of the molecule is CCCN1CCCC2(CCCN2C(=O)c2ccccc2Cc2ccc(C)cc2)C1=O. The van der Waals surface area contributed by atoms with Crippen molar-refractivity contribution in [2.24, 2.45) is 0 Å². The van der Waals surface area contributed by atoms with Crippen LogP contribution in [-0.4, -0.2) is 46.8 Å². The van der Waals surface area contributed by atoms with Crippen LogP contribution in [0.3, 0.4) is 0 Å². The molecule has 2 aromatic carbocycles. The molecule has 0 bridgehead atoms. The fourth-order valence-corrected chi connectivity index (χ4v) is 5.16. The van der Waals surface area contributed by atoms with Crippen LogP contribution in [0.5, 0.6) is 0 Å². The summed E-state index contributed by atoms with van der Waals surface area (Å²) in [4.78, 5) is 31.1. The molecule has 0 aliphatic carbocycles. The van der Waals surface area contributed by atoms with Crippen molar-refractivity contribution in [2.45, 2.75) is 57.9 Å². The molecule has 0 saturated carbocycles. The second-order valence-electron chi connectivity index (χ2n) is 8.81. The topological polar surface area (TPSA) is 40.6 Å². The first kappa shape index (κ1) is 20.6. The summed E-state index contributed by atoms with van der Waals surface area (Å²) >= 11 is 0. The number of amides is 2. The number of hydrogen-bond acceptors (Lipinski definition) is 2. The maximum Gasteiger partial charge on any atom is 0.255 e. The van der Waals surface area contributed by atoms with Crippen LogP contribution in [0.1, 0.15) is 66.1 Å². The van der Waals surface area contributed by atoms with Gasteiger partial charge < -0.3 is 9.80 Å². The molecule has 2 amide bonds. The number of hydrogen-bond donors (Lipinski definition) is 0. The second-order valence-corrected chi connectivity index (χ2v) is 8.81. The summed E-state index contributed by atoms with van der Waals surface area (Å²) in [6.07, 6.45) is 5.13. The number of benzene rings is 2. The lowest BCUT2D eigenvalue weighted by Gasteiger charge is -2.44. The molecule has 0 aromatic heterocycles. The molecule has 1 spiro atoms. The molecule has 2 aliphatic rings. The Morgan fingerprint density at radius 1 is 1.00 bits per heavy atom. The van der Waals surface area contributed by atoms with Crippen molar-refractivity contribution in [1.29, 1.82) is 0 Å². The van der Waals surface area contributed by atoms with E-state index in [9.17, 15) is 9.59 Å². The van der Waals surface area contributed by atoms with Crippen LogP contribution >= 0.6 is 0 Å². The standard InChI is InChI=1S/C26H32N2O2/c1-3-16-27-17-6-14-26(25(27)30)15-7-18-28(26)24(29)23-9-5-4-8-22(23)19-21-12-10-20(2)11-13-21/h4-5,8-13H,3,6-7,14-19H2,1-2H3. The summed E-state index contributed by atoms with van der Waals surface area (Å²) in [5.41, 5.74) is 3.55. The van der Waals surface area contributed by atoms with E-state index >= 15 is 0 Å². The van der Waals surface area contributed by atoms with E-state index in [0.717, 1.165) is 62.7 Å². The molecule has 158 valence electrons. The lowest BCUT2D eigenvalue weighted by atomic mass is 9.84. The lowest BCUT2D eigenvalue weighted by molar-refractivity contribution is -0.145. The van der Waals surface area contributed by atoms with Crippen molar-refractivity contribution in [1.82, 2.24) is 9.80 Å². The number of carbonyl (C=O) groups is 2. The van der Waals surface area contributed by atoms with E-state index < -0.39 is 5.54 Å². The van der Waals surface area contributed by atoms with Gasteiger partial charge in [-0.25, -0.2) is 0 Å². The van der Waals surface area contributed by atoms with Gasteiger partial charge in [0.05, 0.1) is 0 Å². The largest absolute Gasteiger partial charge is 0.341 e. The number of likely N-dealkylation sites (tertiary alicyclic amines) is 2. The number of rotatable bonds is 5. The number of carbonyl (C=O) groups excluding carboxylic acids is 2. The van der Waals surface area contributed by atoms with Gasteiger partial charge in [0.15, 0.2) is 0 Å². The van der Waals surface area contributed by atoms with E-state index in [1.165, 1.54) is 11.1 Å². The molecule has 0 N–H and O–H groups in total. The third kappa shape index (κ3) is 3.76. The minimum Gasteiger partial charge on any atom is -0.341 e. The highest BCUT2D eigenvalue weighted by atomic mass is 16.2. The fourth-order valence-electron chi connectivity index (χ4n) is 5.16. The Morgan fingerprint density at radius 2 is 1.70 bits per heavy atom. The van der Waals surface area contributed by atoms with Crippen LogP contribution in [0.15, 0.2) is 48.5 Å². The highest BCUT2D eigenvalue weighted by Gasteiger charge is 2.52. The van der Waals surface area contributed by atoms with Crippen molar-refractivity contribution in [3.8, 4) is 0 Å². The average molecular weight is 405 g/mol. The van der Waals surface area contributed by atoms with Gasteiger partial charge in [-0.15, -0.1) is 0 Å². The van der Waals surface area contributed by atoms with Gasteiger partial charge in [0.25, 0.3) is 5.91 Å². The summed E-state index contributed by atoms with van der Waals surface area (Å²) < 4.78 is 0. The zero-order valence-corrected chi connectivity index (χ0v) is 18.2. The lowest BCUT2D eigenvalue weighted by Crippen LogP contribution is -2.61. The van der Waals surface area contributed by atoms with Gasteiger partial charge in [-0.05, 0) is 62.6 Å². The summed E-state index contributed by atoms with van der Waals surface area (Å²) in [7, 11) is 0. The van der Waals surface area contributed by atoms with Gasteiger partial charge in [0.1, 0.15) is 5.54 Å². The van der Waals surface area contributed by atoms with Crippen molar-refractivity contribution >= 4 is 11.8 Å². The van der Waals surface area contributed by atoms with E-state index in [0.29, 0.717) is 6.54 Å². The Kier molecular flexibility index (Phi) is 5.94. The highest BCUT2D eigenvalue weighted by molar-refractivity contribution is 6.01. The fraction of sp³-hybridized carbons (Fsp3) is 0.462. The highest BCUT2D eigenvalue weighted by Crippen LogP contribution is 2.39.